The van der Waals surface area contributed by atoms with Crippen molar-refractivity contribution in [2.45, 2.75) is 17.9 Å². The Balaban J connectivity index is 1.78. The average Bonchev–Trinajstić information content (AvgIpc) is 2.54. The molecule has 1 atom stereocenters. The molecule has 1 heterocycles. The molecule has 2 aromatic carbocycles. The predicted molar refractivity (Wildman–Crippen MR) is 93.5 cm³/mol. The van der Waals surface area contributed by atoms with Gasteiger partial charge in [0.2, 0.25) is 0 Å². The van der Waals surface area contributed by atoms with E-state index in [0.29, 0.717) is 11.2 Å². The largest absolute Gasteiger partial charge is 0.309 e. The molecule has 0 aliphatic rings. The van der Waals surface area contributed by atoms with Crippen molar-refractivity contribution in [2.24, 2.45) is 0 Å². The van der Waals surface area contributed by atoms with Crippen molar-refractivity contribution in [2.75, 3.05) is 0 Å². The van der Waals surface area contributed by atoms with E-state index in [9.17, 15) is 4.79 Å². The number of thioether (sulfide) groups is 1. The van der Waals surface area contributed by atoms with Gasteiger partial charge in [-0.2, -0.15) is 0 Å². The molecule has 1 unspecified atom stereocenters. The lowest BCUT2D eigenvalue weighted by atomic mass is 10.2. The summed E-state index contributed by atoms with van der Waals surface area (Å²) in [6, 6.07) is 15.2. The highest BCUT2D eigenvalue weighted by atomic mass is 35.5. The van der Waals surface area contributed by atoms with Crippen LogP contribution in [0.3, 0.4) is 0 Å². The molecule has 1 N–H and O–H groups in total. The molecule has 0 aliphatic heterocycles. The van der Waals surface area contributed by atoms with Crippen LogP contribution in [0.5, 0.6) is 0 Å². The van der Waals surface area contributed by atoms with Crippen molar-refractivity contribution >= 4 is 34.3 Å². The molecular formula is C17H15ClN2OS. The highest BCUT2D eigenvalue weighted by Crippen LogP contribution is 2.29. The maximum Gasteiger partial charge on any atom is 0.258 e. The summed E-state index contributed by atoms with van der Waals surface area (Å²) in [5, 5.41) is 1.47. The first-order chi connectivity index (χ1) is 10.6. The van der Waals surface area contributed by atoms with Crippen molar-refractivity contribution in [3.05, 3.63) is 75.3 Å². The Hall–Kier alpha value is -1.78. The smallest absolute Gasteiger partial charge is 0.258 e. The molecule has 22 heavy (non-hydrogen) atoms. The second-order valence-corrected chi connectivity index (χ2v) is 6.81. The molecule has 5 heteroatoms. The number of fused-ring (bicyclic) bond motifs is 1. The van der Waals surface area contributed by atoms with Gasteiger partial charge in [0.1, 0.15) is 5.82 Å². The zero-order valence-corrected chi connectivity index (χ0v) is 13.6. The Kier molecular flexibility index (Phi) is 4.50. The average molecular weight is 331 g/mol. The van der Waals surface area contributed by atoms with Crippen molar-refractivity contribution in [1.29, 1.82) is 0 Å². The molecule has 0 radical (unpaired) electrons. The summed E-state index contributed by atoms with van der Waals surface area (Å²) in [6.07, 6.45) is 0. The van der Waals surface area contributed by atoms with Crippen LogP contribution >= 0.6 is 23.4 Å². The Morgan fingerprint density at radius 3 is 2.68 bits per heavy atom. The number of para-hydroxylation sites is 1. The molecule has 0 aliphatic carbocycles. The van der Waals surface area contributed by atoms with E-state index in [1.165, 1.54) is 5.56 Å². The number of aromatic nitrogens is 2. The first kappa shape index (κ1) is 15.1. The summed E-state index contributed by atoms with van der Waals surface area (Å²) in [6.45, 7) is 2.05. The van der Waals surface area contributed by atoms with Crippen LogP contribution in [0.4, 0.5) is 0 Å². The van der Waals surface area contributed by atoms with Crippen molar-refractivity contribution in [3.8, 4) is 0 Å². The normalized spacial score (nSPS) is 12.5. The summed E-state index contributed by atoms with van der Waals surface area (Å²) in [5.74, 6) is 1.55. The molecule has 3 aromatic rings. The molecule has 0 saturated carbocycles. The minimum atomic E-state index is -0.0838. The number of aromatic amines is 1. The minimum absolute atomic E-state index is 0.0838. The van der Waals surface area contributed by atoms with Gasteiger partial charge >= 0.3 is 0 Å². The van der Waals surface area contributed by atoms with Crippen LogP contribution in [0.2, 0.25) is 5.02 Å². The quantitative estimate of drug-likeness (QED) is 0.762. The van der Waals surface area contributed by atoms with Gasteiger partial charge in [-0.15, -0.1) is 11.8 Å². The van der Waals surface area contributed by atoms with E-state index >= 15 is 0 Å². The molecule has 0 spiro atoms. The molecule has 112 valence electrons. The van der Waals surface area contributed by atoms with Crippen LogP contribution in [-0.2, 0) is 5.75 Å². The van der Waals surface area contributed by atoms with Crippen molar-refractivity contribution < 1.29 is 0 Å². The SMILES string of the molecule is CC(SCc1ccc(Cl)cc1)c1nc2ccccc2c(=O)[nH]1. The molecule has 3 nitrogen and oxygen atoms in total. The van der Waals surface area contributed by atoms with Gasteiger partial charge in [0, 0.05) is 10.8 Å². The molecule has 0 saturated heterocycles. The predicted octanol–water partition coefficient (Wildman–Crippen LogP) is 4.57. The number of halogens is 1. The standard InChI is InChI=1S/C17H15ClN2OS/c1-11(22-10-12-6-8-13(18)9-7-12)16-19-15-5-3-2-4-14(15)17(21)20-16/h2-9,11H,10H2,1H3,(H,19,20,21). The highest BCUT2D eigenvalue weighted by Gasteiger charge is 2.11. The third-order valence-corrected chi connectivity index (χ3v) is 4.90. The molecule has 0 bridgehead atoms. The molecule has 0 fully saturated rings. The lowest BCUT2D eigenvalue weighted by molar-refractivity contribution is 0.922. The number of H-pyrrole nitrogens is 1. The zero-order valence-electron chi connectivity index (χ0n) is 12.0. The van der Waals surface area contributed by atoms with E-state index < -0.39 is 0 Å². The molecular weight excluding hydrogens is 316 g/mol. The summed E-state index contributed by atoms with van der Waals surface area (Å²) in [4.78, 5) is 19.5. The van der Waals surface area contributed by atoms with E-state index in [-0.39, 0.29) is 10.8 Å². The van der Waals surface area contributed by atoms with Gasteiger partial charge in [0.15, 0.2) is 0 Å². The van der Waals surface area contributed by atoms with Crippen LogP contribution in [-0.4, -0.2) is 9.97 Å². The third kappa shape index (κ3) is 3.34. The first-order valence-electron chi connectivity index (χ1n) is 6.98. The third-order valence-electron chi connectivity index (χ3n) is 3.43. The lowest BCUT2D eigenvalue weighted by Gasteiger charge is -2.11. The summed E-state index contributed by atoms with van der Waals surface area (Å²) >= 11 is 7.62. The zero-order chi connectivity index (χ0) is 15.5. The van der Waals surface area contributed by atoms with E-state index in [1.54, 1.807) is 17.8 Å². The number of hydrogen-bond donors (Lipinski definition) is 1. The fourth-order valence-corrected chi connectivity index (χ4v) is 3.21. The number of benzene rings is 2. The van der Waals surface area contributed by atoms with Gasteiger partial charge in [0.05, 0.1) is 16.2 Å². The Morgan fingerprint density at radius 2 is 1.91 bits per heavy atom. The van der Waals surface area contributed by atoms with E-state index in [1.807, 2.05) is 49.4 Å². The van der Waals surface area contributed by atoms with E-state index in [4.69, 9.17) is 11.6 Å². The summed E-state index contributed by atoms with van der Waals surface area (Å²) in [5.41, 5.74) is 1.85. The van der Waals surface area contributed by atoms with E-state index in [0.717, 1.165) is 16.3 Å². The maximum atomic E-state index is 12.1. The van der Waals surface area contributed by atoms with Gasteiger partial charge in [-0.1, -0.05) is 35.9 Å². The van der Waals surface area contributed by atoms with Crippen LogP contribution in [0.25, 0.3) is 10.9 Å². The van der Waals surface area contributed by atoms with Gasteiger partial charge < -0.3 is 4.98 Å². The highest BCUT2D eigenvalue weighted by molar-refractivity contribution is 7.98. The molecule has 3 rings (SSSR count). The number of rotatable bonds is 4. The first-order valence-corrected chi connectivity index (χ1v) is 8.41. The Labute approximate surface area is 137 Å². The van der Waals surface area contributed by atoms with Crippen LogP contribution in [0.15, 0.2) is 53.3 Å². The Morgan fingerprint density at radius 1 is 1.18 bits per heavy atom. The van der Waals surface area contributed by atoms with Crippen molar-refractivity contribution in [3.63, 3.8) is 0 Å². The Bertz CT molecular complexity index is 845. The van der Waals surface area contributed by atoms with Gasteiger partial charge in [-0.25, -0.2) is 4.98 Å². The van der Waals surface area contributed by atoms with Crippen LogP contribution in [0, 0.1) is 0 Å². The maximum absolute atomic E-state index is 12.1. The van der Waals surface area contributed by atoms with Gasteiger partial charge in [0.25, 0.3) is 5.56 Å². The van der Waals surface area contributed by atoms with E-state index in [2.05, 4.69) is 9.97 Å². The van der Waals surface area contributed by atoms with Gasteiger partial charge in [-0.05, 0) is 36.8 Å². The second-order valence-electron chi connectivity index (χ2n) is 5.05. The lowest BCUT2D eigenvalue weighted by Crippen LogP contribution is -2.12. The fraction of sp³-hybridized carbons (Fsp3) is 0.176. The summed E-state index contributed by atoms with van der Waals surface area (Å²) in [7, 11) is 0. The van der Waals surface area contributed by atoms with Crippen molar-refractivity contribution in [1.82, 2.24) is 9.97 Å². The molecule has 1 aromatic heterocycles. The minimum Gasteiger partial charge on any atom is -0.309 e. The summed E-state index contributed by atoms with van der Waals surface area (Å²) < 4.78 is 0. The van der Waals surface area contributed by atoms with Crippen LogP contribution < -0.4 is 5.56 Å². The van der Waals surface area contributed by atoms with Gasteiger partial charge in [-0.3, -0.25) is 4.79 Å². The number of hydrogen-bond acceptors (Lipinski definition) is 3. The topological polar surface area (TPSA) is 45.8 Å². The monoisotopic (exact) mass is 330 g/mol. The number of nitrogens with one attached hydrogen (secondary N) is 1. The number of nitrogens with zero attached hydrogens (tertiary/aromatic N) is 1. The fourth-order valence-electron chi connectivity index (χ4n) is 2.18. The second kappa shape index (κ2) is 6.55. The van der Waals surface area contributed by atoms with Crippen LogP contribution in [0.1, 0.15) is 23.6 Å². The molecule has 0 amide bonds.